The van der Waals surface area contributed by atoms with Gasteiger partial charge in [0.1, 0.15) is 5.82 Å². The van der Waals surface area contributed by atoms with Gasteiger partial charge in [0.05, 0.1) is 5.69 Å². The molecule has 0 aromatic carbocycles. The van der Waals surface area contributed by atoms with Crippen molar-refractivity contribution in [2.45, 2.75) is 13.8 Å². The van der Waals surface area contributed by atoms with Crippen LogP contribution in [0.2, 0.25) is 0 Å². The van der Waals surface area contributed by atoms with Gasteiger partial charge in [-0.3, -0.25) is 0 Å². The van der Waals surface area contributed by atoms with Gasteiger partial charge in [-0.25, -0.2) is 19.6 Å². The van der Waals surface area contributed by atoms with Crippen LogP contribution in [-0.4, -0.2) is 24.7 Å². The molecule has 0 fully saturated rings. The Labute approximate surface area is 116 Å². The third kappa shape index (κ3) is 2.23. The number of pyridine rings is 1. The summed E-state index contributed by atoms with van der Waals surface area (Å²) < 4.78 is 1.80. The van der Waals surface area contributed by atoms with Crippen molar-refractivity contribution in [1.29, 1.82) is 0 Å². The summed E-state index contributed by atoms with van der Waals surface area (Å²) in [6.07, 6.45) is 3.36. The molecule has 0 atom stereocenters. The molecule has 0 aliphatic heterocycles. The predicted octanol–water partition coefficient (Wildman–Crippen LogP) is 1.92. The minimum absolute atomic E-state index is 0.444. The first-order valence-electron chi connectivity index (χ1n) is 6.22. The van der Waals surface area contributed by atoms with Crippen LogP contribution in [0.15, 0.2) is 36.7 Å². The zero-order valence-corrected chi connectivity index (χ0v) is 11.3. The molecule has 20 heavy (non-hydrogen) atoms. The van der Waals surface area contributed by atoms with Gasteiger partial charge in [0.15, 0.2) is 11.6 Å². The van der Waals surface area contributed by atoms with E-state index in [-0.39, 0.29) is 0 Å². The molecule has 0 unspecified atom stereocenters. The van der Waals surface area contributed by atoms with Gasteiger partial charge < -0.3 is 5.73 Å². The predicted molar refractivity (Wildman–Crippen MR) is 76.3 cm³/mol. The Morgan fingerprint density at radius 2 is 1.85 bits per heavy atom. The van der Waals surface area contributed by atoms with Crippen LogP contribution in [0.5, 0.6) is 0 Å². The molecule has 3 aromatic heterocycles. The van der Waals surface area contributed by atoms with Gasteiger partial charge in [0.2, 0.25) is 0 Å². The molecular weight excluding hydrogens is 252 g/mol. The van der Waals surface area contributed by atoms with Crippen LogP contribution >= 0.6 is 0 Å². The summed E-state index contributed by atoms with van der Waals surface area (Å²) in [6.45, 7) is 3.94. The number of hydrogen-bond donors (Lipinski definition) is 1. The highest BCUT2D eigenvalue weighted by Crippen LogP contribution is 2.18. The molecule has 0 saturated heterocycles. The molecule has 100 valence electrons. The lowest BCUT2D eigenvalue weighted by molar-refractivity contribution is 0.806. The molecule has 0 aliphatic carbocycles. The monoisotopic (exact) mass is 266 g/mol. The molecule has 3 rings (SSSR count). The molecule has 0 amide bonds. The second-order valence-electron chi connectivity index (χ2n) is 4.55. The van der Waals surface area contributed by atoms with Crippen molar-refractivity contribution in [3.8, 4) is 17.2 Å². The smallest absolute Gasteiger partial charge is 0.161 e. The Kier molecular flexibility index (Phi) is 2.90. The summed E-state index contributed by atoms with van der Waals surface area (Å²) in [5.74, 6) is 1.76. The lowest BCUT2D eigenvalue weighted by Crippen LogP contribution is -2.02. The summed E-state index contributed by atoms with van der Waals surface area (Å²) >= 11 is 0. The summed E-state index contributed by atoms with van der Waals surface area (Å²) in [5, 5.41) is 4.42. The van der Waals surface area contributed by atoms with E-state index in [0.29, 0.717) is 11.6 Å². The fraction of sp³-hybridized carbons (Fsp3) is 0.143. The Bertz CT molecular complexity index is 762. The van der Waals surface area contributed by atoms with Gasteiger partial charge in [0, 0.05) is 23.7 Å². The molecule has 6 heteroatoms. The lowest BCUT2D eigenvalue weighted by Gasteiger charge is -2.05. The first-order chi connectivity index (χ1) is 9.63. The highest BCUT2D eigenvalue weighted by atomic mass is 15.3. The molecule has 3 aromatic rings. The maximum atomic E-state index is 5.69. The van der Waals surface area contributed by atoms with Crippen LogP contribution < -0.4 is 5.73 Å². The van der Waals surface area contributed by atoms with Gasteiger partial charge in [-0.2, -0.15) is 5.10 Å². The first kappa shape index (κ1) is 12.3. The van der Waals surface area contributed by atoms with E-state index in [1.165, 1.54) is 0 Å². The van der Waals surface area contributed by atoms with Gasteiger partial charge in [-0.05, 0) is 38.1 Å². The highest BCUT2D eigenvalue weighted by molar-refractivity contribution is 5.58. The Morgan fingerprint density at radius 3 is 2.55 bits per heavy atom. The average Bonchev–Trinajstić information content (AvgIpc) is 2.78. The number of aromatic nitrogens is 5. The summed E-state index contributed by atoms with van der Waals surface area (Å²) in [6, 6.07) is 7.41. The normalized spacial score (nSPS) is 10.7. The van der Waals surface area contributed by atoms with Crippen molar-refractivity contribution < 1.29 is 0 Å². The topological polar surface area (TPSA) is 82.5 Å². The van der Waals surface area contributed by atoms with Gasteiger partial charge >= 0.3 is 0 Å². The summed E-state index contributed by atoms with van der Waals surface area (Å²) in [7, 11) is 0. The van der Waals surface area contributed by atoms with Crippen LogP contribution in [0.4, 0.5) is 5.82 Å². The zero-order valence-electron chi connectivity index (χ0n) is 11.3. The van der Waals surface area contributed by atoms with Gasteiger partial charge in [-0.1, -0.05) is 0 Å². The van der Waals surface area contributed by atoms with Crippen molar-refractivity contribution in [2.75, 3.05) is 5.73 Å². The summed E-state index contributed by atoms with van der Waals surface area (Å²) in [4.78, 5) is 12.8. The zero-order chi connectivity index (χ0) is 14.1. The molecule has 3 heterocycles. The number of anilines is 1. The van der Waals surface area contributed by atoms with Crippen molar-refractivity contribution in [2.24, 2.45) is 0 Å². The van der Waals surface area contributed by atoms with Gasteiger partial charge in [0.25, 0.3) is 0 Å². The fourth-order valence-electron chi connectivity index (χ4n) is 2.05. The Hall–Kier alpha value is -2.76. The molecule has 0 aliphatic rings. The van der Waals surface area contributed by atoms with E-state index in [0.717, 1.165) is 22.8 Å². The minimum atomic E-state index is 0.444. The maximum absolute atomic E-state index is 5.69. The van der Waals surface area contributed by atoms with Crippen LogP contribution in [0, 0.1) is 13.8 Å². The van der Waals surface area contributed by atoms with E-state index in [1.54, 1.807) is 23.1 Å². The molecule has 0 saturated carbocycles. The molecule has 0 bridgehead atoms. The first-order valence-corrected chi connectivity index (χ1v) is 6.22. The second-order valence-corrected chi connectivity index (χ2v) is 4.55. The van der Waals surface area contributed by atoms with Crippen molar-refractivity contribution in [3.05, 3.63) is 48.0 Å². The van der Waals surface area contributed by atoms with E-state index < -0.39 is 0 Å². The number of nitrogens with two attached hydrogens (primary N) is 1. The fourth-order valence-corrected chi connectivity index (χ4v) is 2.05. The lowest BCUT2D eigenvalue weighted by atomic mass is 10.2. The standard InChI is InChI=1S/C14H14N6/c1-9-7-10(2)20(19-9)13-8-11(3-5-16-13)14-17-6-4-12(15)18-14/h3-8H,1-2H3,(H2,15,17,18). The molecule has 0 spiro atoms. The number of rotatable bonds is 2. The average molecular weight is 266 g/mol. The largest absolute Gasteiger partial charge is 0.384 e. The highest BCUT2D eigenvalue weighted by Gasteiger charge is 2.08. The molecule has 0 radical (unpaired) electrons. The van der Waals surface area contributed by atoms with Crippen molar-refractivity contribution >= 4 is 5.82 Å². The Balaban J connectivity index is 2.08. The van der Waals surface area contributed by atoms with Crippen LogP contribution in [0.25, 0.3) is 17.2 Å². The van der Waals surface area contributed by atoms with E-state index in [9.17, 15) is 0 Å². The van der Waals surface area contributed by atoms with Crippen molar-refractivity contribution in [3.63, 3.8) is 0 Å². The second kappa shape index (κ2) is 4.73. The SMILES string of the molecule is Cc1cc(C)n(-c2cc(-c3nccc(N)n3)ccn2)n1. The maximum Gasteiger partial charge on any atom is 0.161 e. The number of nitrogen functional groups attached to an aromatic ring is 1. The van der Waals surface area contributed by atoms with E-state index >= 15 is 0 Å². The number of aryl methyl sites for hydroxylation is 2. The van der Waals surface area contributed by atoms with Crippen molar-refractivity contribution in [1.82, 2.24) is 24.7 Å². The van der Waals surface area contributed by atoms with Gasteiger partial charge in [-0.15, -0.1) is 0 Å². The third-order valence-corrected chi connectivity index (χ3v) is 2.91. The third-order valence-electron chi connectivity index (χ3n) is 2.91. The molecular formula is C14H14N6. The van der Waals surface area contributed by atoms with Crippen LogP contribution in [-0.2, 0) is 0 Å². The van der Waals surface area contributed by atoms with Crippen LogP contribution in [0.1, 0.15) is 11.4 Å². The molecule has 2 N–H and O–H groups in total. The molecule has 6 nitrogen and oxygen atoms in total. The quantitative estimate of drug-likeness (QED) is 0.766. The Morgan fingerprint density at radius 1 is 1.05 bits per heavy atom. The number of hydrogen-bond acceptors (Lipinski definition) is 5. The van der Waals surface area contributed by atoms with E-state index in [2.05, 4.69) is 20.1 Å². The summed E-state index contributed by atoms with van der Waals surface area (Å²) in [5.41, 5.74) is 8.53. The minimum Gasteiger partial charge on any atom is -0.384 e. The van der Waals surface area contributed by atoms with E-state index in [4.69, 9.17) is 5.73 Å². The van der Waals surface area contributed by atoms with Crippen LogP contribution in [0.3, 0.4) is 0 Å². The number of nitrogens with zero attached hydrogens (tertiary/aromatic N) is 5. The van der Waals surface area contributed by atoms with E-state index in [1.807, 2.05) is 32.0 Å².